The number of nitriles is 2. The molecule has 5 rings (SSSR count). The van der Waals surface area contributed by atoms with Crippen LogP contribution in [0.15, 0.2) is 57.4 Å². The van der Waals surface area contributed by atoms with Gasteiger partial charge in [-0.05, 0) is 48.5 Å². The number of hydrogen-bond acceptors (Lipinski definition) is 8. The van der Waals surface area contributed by atoms with Gasteiger partial charge >= 0.3 is 0 Å². The zero-order valence-corrected chi connectivity index (χ0v) is 17.7. The highest BCUT2D eigenvalue weighted by Gasteiger charge is 2.28. The van der Waals surface area contributed by atoms with E-state index in [1.54, 1.807) is 0 Å². The van der Waals surface area contributed by atoms with Crippen LogP contribution in [0.1, 0.15) is 11.4 Å². The van der Waals surface area contributed by atoms with Crippen molar-refractivity contribution in [2.24, 2.45) is 0 Å². The molecule has 0 N–H and O–H groups in total. The van der Waals surface area contributed by atoms with Gasteiger partial charge in [-0.15, -0.1) is 0 Å². The number of piperazine rings is 1. The van der Waals surface area contributed by atoms with Gasteiger partial charge in [-0.3, -0.25) is 0 Å². The summed E-state index contributed by atoms with van der Waals surface area (Å²) in [5.74, 6) is 0.399. The topological polar surface area (TPSA) is 106 Å². The molecule has 168 valence electrons. The van der Waals surface area contributed by atoms with E-state index in [0.717, 1.165) is 0 Å². The molecule has 3 heterocycles. The fourth-order valence-corrected chi connectivity index (χ4v) is 3.74. The second kappa shape index (κ2) is 8.68. The molecule has 0 atom stereocenters. The van der Waals surface area contributed by atoms with Gasteiger partial charge in [0.15, 0.2) is 0 Å². The average molecular weight is 458 g/mol. The molecule has 0 spiro atoms. The Balaban J connectivity index is 1.35. The predicted octanol–water partition coefficient (Wildman–Crippen LogP) is 4.34. The molecule has 0 saturated carbocycles. The Kier molecular flexibility index (Phi) is 5.40. The average Bonchev–Trinajstić information content (AvgIpc) is 3.50. The predicted molar refractivity (Wildman–Crippen MR) is 118 cm³/mol. The van der Waals surface area contributed by atoms with Gasteiger partial charge in [0.25, 0.3) is 0 Å². The van der Waals surface area contributed by atoms with E-state index in [2.05, 4.69) is 9.97 Å². The van der Waals surface area contributed by atoms with Crippen LogP contribution in [0.2, 0.25) is 0 Å². The fraction of sp³-hybridized carbons (Fsp3) is 0.167. The molecule has 34 heavy (non-hydrogen) atoms. The molecule has 1 aliphatic rings. The van der Waals surface area contributed by atoms with Crippen molar-refractivity contribution in [2.75, 3.05) is 36.0 Å². The number of halogens is 2. The van der Waals surface area contributed by atoms with Gasteiger partial charge in [-0.25, -0.2) is 8.78 Å². The number of anilines is 2. The van der Waals surface area contributed by atoms with Crippen LogP contribution in [0.4, 0.5) is 20.5 Å². The molecule has 0 radical (unpaired) electrons. The van der Waals surface area contributed by atoms with Crippen molar-refractivity contribution >= 4 is 11.8 Å². The third kappa shape index (κ3) is 3.93. The SMILES string of the molecule is N#Cc1nc(-c2ccc(F)cc2)oc1N1CCN(c2oc(-c3ccc(F)cc3)nc2C#N)CC1. The van der Waals surface area contributed by atoms with Crippen LogP contribution >= 0.6 is 0 Å². The van der Waals surface area contributed by atoms with E-state index in [9.17, 15) is 19.3 Å². The van der Waals surface area contributed by atoms with E-state index < -0.39 is 0 Å². The maximum Gasteiger partial charge on any atom is 0.235 e. The molecular weight excluding hydrogens is 442 g/mol. The van der Waals surface area contributed by atoms with Crippen molar-refractivity contribution in [3.63, 3.8) is 0 Å². The van der Waals surface area contributed by atoms with E-state index in [-0.39, 0.29) is 34.8 Å². The van der Waals surface area contributed by atoms with Crippen LogP contribution in [0.25, 0.3) is 22.9 Å². The molecule has 0 unspecified atom stereocenters. The van der Waals surface area contributed by atoms with Crippen molar-refractivity contribution in [1.82, 2.24) is 9.97 Å². The normalized spacial score (nSPS) is 13.5. The number of hydrogen-bond donors (Lipinski definition) is 0. The maximum atomic E-state index is 13.2. The van der Waals surface area contributed by atoms with Crippen molar-refractivity contribution < 1.29 is 17.6 Å². The number of rotatable bonds is 4. The Labute approximate surface area is 192 Å². The van der Waals surface area contributed by atoms with E-state index in [1.807, 2.05) is 21.9 Å². The summed E-state index contributed by atoms with van der Waals surface area (Å²) >= 11 is 0. The van der Waals surface area contributed by atoms with E-state index in [1.165, 1.54) is 48.5 Å². The lowest BCUT2D eigenvalue weighted by Crippen LogP contribution is -2.46. The molecule has 10 heteroatoms. The van der Waals surface area contributed by atoms with Crippen LogP contribution in [-0.4, -0.2) is 36.1 Å². The van der Waals surface area contributed by atoms with Gasteiger partial charge < -0.3 is 18.6 Å². The zero-order chi connectivity index (χ0) is 23.7. The van der Waals surface area contributed by atoms with E-state index >= 15 is 0 Å². The Morgan fingerprint density at radius 2 is 1.00 bits per heavy atom. The second-order valence-electron chi connectivity index (χ2n) is 7.56. The van der Waals surface area contributed by atoms with Crippen LogP contribution in [0, 0.1) is 34.3 Å². The summed E-state index contributed by atoms with van der Waals surface area (Å²) in [6, 6.07) is 15.4. The number of aromatic nitrogens is 2. The summed E-state index contributed by atoms with van der Waals surface area (Å²) in [7, 11) is 0. The van der Waals surface area contributed by atoms with Crippen molar-refractivity contribution in [3.8, 4) is 35.0 Å². The molecule has 1 aliphatic heterocycles. The Bertz CT molecular complexity index is 1300. The van der Waals surface area contributed by atoms with Gasteiger partial charge in [0.1, 0.15) is 23.8 Å². The van der Waals surface area contributed by atoms with Crippen molar-refractivity contribution in [1.29, 1.82) is 10.5 Å². The molecule has 0 bridgehead atoms. The van der Waals surface area contributed by atoms with Gasteiger partial charge in [-0.1, -0.05) is 0 Å². The molecule has 8 nitrogen and oxygen atoms in total. The van der Waals surface area contributed by atoms with Crippen molar-refractivity contribution in [3.05, 3.63) is 71.6 Å². The van der Waals surface area contributed by atoms with Crippen LogP contribution in [0.3, 0.4) is 0 Å². The molecule has 2 aromatic carbocycles. The first kappa shape index (κ1) is 21.2. The minimum atomic E-state index is -0.376. The third-order valence-corrected chi connectivity index (χ3v) is 5.47. The quantitative estimate of drug-likeness (QED) is 0.445. The monoisotopic (exact) mass is 458 g/mol. The van der Waals surface area contributed by atoms with Gasteiger partial charge in [0.05, 0.1) is 0 Å². The lowest BCUT2D eigenvalue weighted by molar-refractivity contribution is 0.504. The highest BCUT2D eigenvalue weighted by molar-refractivity contribution is 5.62. The highest BCUT2D eigenvalue weighted by atomic mass is 19.1. The Hall–Kier alpha value is -4.70. The van der Waals surface area contributed by atoms with Gasteiger partial charge in [0, 0.05) is 37.3 Å². The Morgan fingerprint density at radius 1 is 0.647 bits per heavy atom. The van der Waals surface area contributed by atoms with Gasteiger partial charge in [-0.2, -0.15) is 20.5 Å². The number of oxazole rings is 2. The summed E-state index contributed by atoms with van der Waals surface area (Å²) in [5, 5.41) is 19.1. The fourth-order valence-electron chi connectivity index (χ4n) is 3.74. The summed E-state index contributed by atoms with van der Waals surface area (Å²) in [6.45, 7) is 1.91. The maximum absolute atomic E-state index is 13.2. The molecular formula is C24H16F2N6O2. The lowest BCUT2D eigenvalue weighted by atomic mass is 10.2. The molecule has 0 aliphatic carbocycles. The minimum Gasteiger partial charge on any atom is -0.419 e. The number of nitrogens with zero attached hydrogens (tertiary/aromatic N) is 6. The minimum absolute atomic E-state index is 0.142. The summed E-state index contributed by atoms with van der Waals surface area (Å²) < 4.78 is 38.2. The van der Waals surface area contributed by atoms with Crippen molar-refractivity contribution in [2.45, 2.75) is 0 Å². The number of benzene rings is 2. The lowest BCUT2D eigenvalue weighted by Gasteiger charge is -2.34. The zero-order valence-electron chi connectivity index (χ0n) is 17.7. The van der Waals surface area contributed by atoms with Crippen LogP contribution < -0.4 is 9.80 Å². The van der Waals surface area contributed by atoms with Crippen LogP contribution in [0.5, 0.6) is 0 Å². The van der Waals surface area contributed by atoms with E-state index in [4.69, 9.17) is 8.83 Å². The third-order valence-electron chi connectivity index (χ3n) is 5.47. The first-order chi connectivity index (χ1) is 16.6. The van der Waals surface area contributed by atoms with Gasteiger partial charge in [0.2, 0.25) is 34.9 Å². The summed E-state index contributed by atoms with van der Waals surface area (Å²) in [5.41, 5.74) is 1.42. The molecule has 0 amide bonds. The Morgan fingerprint density at radius 3 is 1.32 bits per heavy atom. The van der Waals surface area contributed by atoms with E-state index in [0.29, 0.717) is 49.1 Å². The summed E-state index contributed by atoms with van der Waals surface area (Å²) in [6.07, 6.45) is 0. The standard InChI is InChI=1S/C24H16F2N6O2/c25-17-5-1-15(2-6-17)21-29-19(13-27)23(33-21)31-9-11-32(12-10-31)24-20(14-28)30-22(34-24)16-3-7-18(26)8-4-16/h1-8H,9-12H2. The largest absolute Gasteiger partial charge is 0.419 e. The highest BCUT2D eigenvalue weighted by Crippen LogP contribution is 2.32. The molecule has 4 aromatic rings. The summed E-state index contributed by atoms with van der Waals surface area (Å²) in [4.78, 5) is 12.3. The molecule has 1 saturated heterocycles. The smallest absolute Gasteiger partial charge is 0.235 e. The molecule has 2 aromatic heterocycles. The van der Waals surface area contributed by atoms with Crippen LogP contribution in [-0.2, 0) is 0 Å². The molecule has 1 fully saturated rings. The first-order valence-electron chi connectivity index (χ1n) is 10.4. The second-order valence-corrected chi connectivity index (χ2v) is 7.56. The first-order valence-corrected chi connectivity index (χ1v) is 10.4.